The van der Waals surface area contributed by atoms with E-state index in [1.165, 1.54) is 11.1 Å². The Balaban J connectivity index is 3.27. The third-order valence-electron chi connectivity index (χ3n) is 2.81. The maximum absolute atomic E-state index is 5.87. The van der Waals surface area contributed by atoms with Crippen molar-refractivity contribution in [3.8, 4) is 0 Å². The molecular weight excluding hydrogens is 332 g/mol. The molecule has 16 heavy (non-hydrogen) atoms. The average molecular weight is 350 g/mol. The van der Waals surface area contributed by atoms with Gasteiger partial charge in [-0.25, -0.2) is 0 Å². The molecule has 0 saturated carbocycles. The van der Waals surface area contributed by atoms with Crippen LogP contribution in [-0.4, -0.2) is 10.7 Å². The lowest BCUT2D eigenvalue weighted by Gasteiger charge is -2.20. The Morgan fingerprint density at radius 1 is 0.938 bits per heavy atom. The fourth-order valence-corrected chi connectivity index (χ4v) is 2.39. The first-order chi connectivity index (χ1) is 7.51. The second kappa shape index (κ2) is 5.92. The van der Waals surface area contributed by atoms with Gasteiger partial charge in [0, 0.05) is 10.7 Å². The highest BCUT2D eigenvalue weighted by Gasteiger charge is 2.16. The van der Waals surface area contributed by atoms with Crippen molar-refractivity contribution in [2.45, 2.75) is 25.7 Å². The first kappa shape index (κ1) is 13.8. The minimum atomic E-state index is 0.444. The van der Waals surface area contributed by atoms with Gasteiger partial charge in [0.2, 0.25) is 0 Å². The van der Waals surface area contributed by atoms with Gasteiger partial charge in [0.15, 0.2) is 0 Å². The SMILES string of the molecule is CC(CBr)c1cc(N)c(N)cc1C(C)CBr. The monoisotopic (exact) mass is 348 g/mol. The van der Waals surface area contributed by atoms with Crippen LogP contribution in [0.3, 0.4) is 0 Å². The molecule has 1 aromatic carbocycles. The lowest BCUT2D eigenvalue weighted by Crippen LogP contribution is -2.08. The second-order valence-electron chi connectivity index (χ2n) is 4.22. The molecule has 0 aromatic heterocycles. The van der Waals surface area contributed by atoms with Crippen LogP contribution < -0.4 is 11.5 Å². The number of benzene rings is 1. The van der Waals surface area contributed by atoms with E-state index in [0.717, 1.165) is 10.7 Å². The maximum atomic E-state index is 5.87. The van der Waals surface area contributed by atoms with Gasteiger partial charge < -0.3 is 11.5 Å². The second-order valence-corrected chi connectivity index (χ2v) is 5.52. The molecule has 0 aliphatic heterocycles. The van der Waals surface area contributed by atoms with Crippen LogP contribution in [0.2, 0.25) is 0 Å². The van der Waals surface area contributed by atoms with E-state index in [4.69, 9.17) is 11.5 Å². The molecular formula is C12H18Br2N2. The quantitative estimate of drug-likeness (QED) is 0.640. The molecule has 0 spiro atoms. The molecule has 0 radical (unpaired) electrons. The predicted octanol–water partition coefficient (Wildman–Crippen LogP) is 3.85. The van der Waals surface area contributed by atoms with Gasteiger partial charge >= 0.3 is 0 Å². The Labute approximate surface area is 114 Å². The van der Waals surface area contributed by atoms with Crippen LogP contribution in [0.25, 0.3) is 0 Å². The molecule has 4 heteroatoms. The van der Waals surface area contributed by atoms with Crippen molar-refractivity contribution in [2.75, 3.05) is 22.1 Å². The molecule has 0 aliphatic rings. The molecule has 0 amide bonds. The zero-order valence-corrected chi connectivity index (χ0v) is 12.8. The van der Waals surface area contributed by atoms with Gasteiger partial charge in [-0.05, 0) is 35.1 Å². The standard InChI is InChI=1S/C12H18Br2N2/c1-7(5-13)9-3-11(15)12(16)4-10(9)8(2)6-14/h3-4,7-8H,5-6,15-16H2,1-2H3. The number of nitrogen functional groups attached to an aromatic ring is 2. The van der Waals surface area contributed by atoms with Gasteiger partial charge in [0.05, 0.1) is 11.4 Å². The van der Waals surface area contributed by atoms with Gasteiger partial charge in [0.25, 0.3) is 0 Å². The molecule has 90 valence electrons. The van der Waals surface area contributed by atoms with E-state index in [1.807, 2.05) is 12.1 Å². The Hall–Kier alpha value is -0.220. The lowest BCUT2D eigenvalue weighted by atomic mass is 9.89. The minimum Gasteiger partial charge on any atom is -0.397 e. The summed E-state index contributed by atoms with van der Waals surface area (Å²) in [5.74, 6) is 0.888. The van der Waals surface area contributed by atoms with Gasteiger partial charge in [0.1, 0.15) is 0 Å². The van der Waals surface area contributed by atoms with Crippen LogP contribution in [0.4, 0.5) is 11.4 Å². The van der Waals surface area contributed by atoms with Crippen LogP contribution in [0, 0.1) is 0 Å². The molecule has 2 atom stereocenters. The zero-order valence-electron chi connectivity index (χ0n) is 9.63. The fourth-order valence-electron chi connectivity index (χ4n) is 1.69. The maximum Gasteiger partial charge on any atom is 0.0550 e. The normalized spacial score (nSPS) is 14.8. The molecule has 2 unspecified atom stereocenters. The summed E-state index contributed by atoms with van der Waals surface area (Å²) in [5.41, 5.74) is 15.7. The van der Waals surface area contributed by atoms with Gasteiger partial charge in [-0.1, -0.05) is 45.7 Å². The van der Waals surface area contributed by atoms with E-state index >= 15 is 0 Å². The number of hydrogen-bond acceptors (Lipinski definition) is 2. The lowest BCUT2D eigenvalue weighted by molar-refractivity contribution is 0.810. The first-order valence-electron chi connectivity index (χ1n) is 5.32. The molecule has 0 bridgehead atoms. The van der Waals surface area contributed by atoms with Crippen LogP contribution >= 0.6 is 31.9 Å². The highest BCUT2D eigenvalue weighted by molar-refractivity contribution is 9.09. The van der Waals surface area contributed by atoms with E-state index in [1.54, 1.807) is 0 Å². The minimum absolute atomic E-state index is 0.444. The van der Waals surface area contributed by atoms with Crippen LogP contribution in [0.1, 0.15) is 36.8 Å². The molecule has 0 fully saturated rings. The third kappa shape index (κ3) is 2.92. The molecule has 0 aliphatic carbocycles. The van der Waals surface area contributed by atoms with Crippen molar-refractivity contribution in [1.29, 1.82) is 0 Å². The highest BCUT2D eigenvalue weighted by Crippen LogP contribution is 2.33. The number of hydrogen-bond donors (Lipinski definition) is 2. The number of anilines is 2. The van der Waals surface area contributed by atoms with E-state index < -0.39 is 0 Å². The van der Waals surface area contributed by atoms with Crippen molar-refractivity contribution >= 4 is 43.2 Å². The summed E-state index contributed by atoms with van der Waals surface area (Å²) in [4.78, 5) is 0. The van der Waals surface area contributed by atoms with Crippen molar-refractivity contribution in [2.24, 2.45) is 0 Å². The summed E-state index contributed by atoms with van der Waals surface area (Å²) in [6.45, 7) is 4.37. The van der Waals surface area contributed by atoms with Crippen LogP contribution in [0.15, 0.2) is 12.1 Å². The molecule has 0 saturated heterocycles. The average Bonchev–Trinajstić information content (AvgIpc) is 2.30. The molecule has 1 rings (SSSR count). The summed E-state index contributed by atoms with van der Waals surface area (Å²) >= 11 is 7.03. The number of nitrogens with two attached hydrogens (primary N) is 2. The van der Waals surface area contributed by atoms with Gasteiger partial charge in [-0.2, -0.15) is 0 Å². The molecule has 0 heterocycles. The number of rotatable bonds is 4. The van der Waals surface area contributed by atoms with Crippen molar-refractivity contribution < 1.29 is 0 Å². The molecule has 1 aromatic rings. The third-order valence-corrected chi connectivity index (χ3v) is 4.76. The van der Waals surface area contributed by atoms with Gasteiger partial charge in [-0.15, -0.1) is 0 Å². The molecule has 4 N–H and O–H groups in total. The predicted molar refractivity (Wildman–Crippen MR) is 79.7 cm³/mol. The summed E-state index contributed by atoms with van der Waals surface area (Å²) in [5, 5.41) is 1.86. The Morgan fingerprint density at radius 3 is 1.50 bits per heavy atom. The fraction of sp³-hybridized carbons (Fsp3) is 0.500. The number of alkyl halides is 2. The van der Waals surface area contributed by atoms with Crippen molar-refractivity contribution in [1.82, 2.24) is 0 Å². The Bertz CT molecular complexity index is 331. The zero-order chi connectivity index (χ0) is 12.3. The van der Waals surface area contributed by atoms with Crippen molar-refractivity contribution in [3.63, 3.8) is 0 Å². The van der Waals surface area contributed by atoms with E-state index in [2.05, 4.69) is 45.7 Å². The smallest absolute Gasteiger partial charge is 0.0550 e. The Kier molecular flexibility index (Phi) is 5.12. The molecule has 2 nitrogen and oxygen atoms in total. The summed E-state index contributed by atoms with van der Waals surface area (Å²) in [6, 6.07) is 4.02. The largest absolute Gasteiger partial charge is 0.397 e. The first-order valence-corrected chi connectivity index (χ1v) is 7.56. The van der Waals surface area contributed by atoms with E-state index in [-0.39, 0.29) is 0 Å². The topological polar surface area (TPSA) is 52.0 Å². The number of halogens is 2. The Morgan fingerprint density at radius 2 is 1.25 bits per heavy atom. The van der Waals surface area contributed by atoms with Crippen molar-refractivity contribution in [3.05, 3.63) is 23.3 Å². The van der Waals surface area contributed by atoms with Crippen LogP contribution in [0.5, 0.6) is 0 Å². The summed E-state index contributed by atoms with van der Waals surface area (Å²) in [7, 11) is 0. The summed E-state index contributed by atoms with van der Waals surface area (Å²) in [6.07, 6.45) is 0. The van der Waals surface area contributed by atoms with Crippen LogP contribution in [-0.2, 0) is 0 Å². The summed E-state index contributed by atoms with van der Waals surface area (Å²) < 4.78 is 0. The highest BCUT2D eigenvalue weighted by atomic mass is 79.9. The van der Waals surface area contributed by atoms with Gasteiger partial charge in [-0.3, -0.25) is 0 Å². The van der Waals surface area contributed by atoms with E-state index in [0.29, 0.717) is 23.2 Å². The van der Waals surface area contributed by atoms with E-state index in [9.17, 15) is 0 Å².